The van der Waals surface area contributed by atoms with Crippen LogP contribution in [0.25, 0.3) is 0 Å². The Kier molecular flexibility index (Phi) is 3.97. The number of piperidine rings is 1. The average Bonchev–Trinajstić information content (AvgIpc) is 2.28. The van der Waals surface area contributed by atoms with Gasteiger partial charge in [0, 0.05) is 19.5 Å². The zero-order chi connectivity index (χ0) is 10.5. The van der Waals surface area contributed by atoms with E-state index in [1.807, 2.05) is 5.06 Å². The number of nitrogens with one attached hydrogen (secondary N) is 1. The van der Waals surface area contributed by atoms with Crippen LogP contribution < -0.4 is 5.32 Å². The van der Waals surface area contributed by atoms with E-state index in [0.29, 0.717) is 6.42 Å². The lowest BCUT2D eigenvalue weighted by Crippen LogP contribution is -2.37. The maximum Gasteiger partial charge on any atom is 0.325 e. The molecule has 1 unspecified atom stereocenters. The Labute approximate surface area is 90.9 Å². The van der Waals surface area contributed by atoms with Crippen molar-refractivity contribution in [1.82, 2.24) is 10.4 Å². The molecular formula is C11H20N2O2. The minimum Gasteiger partial charge on any atom is -0.368 e. The molecule has 0 aliphatic carbocycles. The maximum atomic E-state index is 11.0. The van der Waals surface area contributed by atoms with Crippen LogP contribution in [0.4, 0.5) is 0 Å². The van der Waals surface area contributed by atoms with Gasteiger partial charge in [-0.25, -0.2) is 0 Å². The van der Waals surface area contributed by atoms with Crippen LogP contribution in [-0.2, 0) is 9.63 Å². The van der Waals surface area contributed by atoms with Gasteiger partial charge in [-0.3, -0.25) is 4.79 Å². The van der Waals surface area contributed by atoms with Crippen molar-refractivity contribution in [3.05, 3.63) is 0 Å². The van der Waals surface area contributed by atoms with E-state index < -0.39 is 0 Å². The second kappa shape index (κ2) is 5.47. The summed E-state index contributed by atoms with van der Waals surface area (Å²) in [5, 5.41) is 5.24. The first-order chi connectivity index (χ1) is 7.34. The van der Waals surface area contributed by atoms with Crippen molar-refractivity contribution in [3.63, 3.8) is 0 Å². The first-order valence-electron chi connectivity index (χ1n) is 6.01. The van der Waals surface area contributed by atoms with Gasteiger partial charge >= 0.3 is 5.97 Å². The van der Waals surface area contributed by atoms with Crippen LogP contribution in [-0.4, -0.2) is 37.2 Å². The molecule has 2 rings (SSSR count). The quantitative estimate of drug-likeness (QED) is 0.755. The fourth-order valence-corrected chi connectivity index (χ4v) is 2.29. The summed E-state index contributed by atoms with van der Waals surface area (Å²) in [6, 6.07) is 0. The Balaban J connectivity index is 1.65. The molecule has 0 aromatic heterocycles. The zero-order valence-corrected chi connectivity index (χ0v) is 9.21. The van der Waals surface area contributed by atoms with Gasteiger partial charge in [-0.1, -0.05) is 0 Å². The highest BCUT2D eigenvalue weighted by Crippen LogP contribution is 2.16. The monoisotopic (exact) mass is 212 g/mol. The SMILES string of the molecule is O=C1CCCN(CCC2CCCNC2)O1. The molecule has 0 spiro atoms. The fraction of sp³-hybridized carbons (Fsp3) is 0.909. The van der Waals surface area contributed by atoms with Gasteiger partial charge in [0.2, 0.25) is 0 Å². The van der Waals surface area contributed by atoms with Crippen molar-refractivity contribution in [3.8, 4) is 0 Å². The van der Waals surface area contributed by atoms with Crippen LogP contribution in [0.1, 0.15) is 32.1 Å². The Morgan fingerprint density at radius 3 is 3.13 bits per heavy atom. The minimum atomic E-state index is -0.0666. The predicted octanol–water partition coefficient (Wildman–Crippen LogP) is 0.930. The molecule has 2 saturated heterocycles. The van der Waals surface area contributed by atoms with E-state index in [4.69, 9.17) is 4.84 Å². The molecule has 0 aromatic rings. The number of nitrogens with zero attached hydrogens (tertiary/aromatic N) is 1. The van der Waals surface area contributed by atoms with Crippen molar-refractivity contribution >= 4 is 5.97 Å². The minimum absolute atomic E-state index is 0.0666. The third-order valence-corrected chi connectivity index (χ3v) is 3.21. The molecule has 2 aliphatic rings. The van der Waals surface area contributed by atoms with Crippen molar-refractivity contribution in [1.29, 1.82) is 0 Å². The summed E-state index contributed by atoms with van der Waals surface area (Å²) in [6.45, 7) is 4.10. The highest BCUT2D eigenvalue weighted by molar-refractivity contribution is 5.69. The third-order valence-electron chi connectivity index (χ3n) is 3.21. The molecule has 2 aliphatic heterocycles. The van der Waals surface area contributed by atoms with Crippen LogP contribution in [0.3, 0.4) is 0 Å². The van der Waals surface area contributed by atoms with Gasteiger partial charge in [0.15, 0.2) is 0 Å². The fourth-order valence-electron chi connectivity index (χ4n) is 2.29. The van der Waals surface area contributed by atoms with E-state index in [-0.39, 0.29) is 5.97 Å². The molecule has 4 heteroatoms. The Hall–Kier alpha value is -0.610. The van der Waals surface area contributed by atoms with Gasteiger partial charge in [0.1, 0.15) is 0 Å². The topological polar surface area (TPSA) is 41.6 Å². The Morgan fingerprint density at radius 2 is 2.40 bits per heavy atom. The van der Waals surface area contributed by atoms with E-state index >= 15 is 0 Å². The number of rotatable bonds is 3. The number of carbonyl (C=O) groups excluding carboxylic acids is 1. The zero-order valence-electron chi connectivity index (χ0n) is 9.21. The van der Waals surface area contributed by atoms with Gasteiger partial charge in [-0.05, 0) is 44.7 Å². The summed E-state index contributed by atoms with van der Waals surface area (Å²) < 4.78 is 0. The highest BCUT2D eigenvalue weighted by Gasteiger charge is 2.20. The second-order valence-electron chi connectivity index (χ2n) is 4.50. The maximum absolute atomic E-state index is 11.0. The van der Waals surface area contributed by atoms with Crippen LogP contribution in [0.5, 0.6) is 0 Å². The largest absolute Gasteiger partial charge is 0.368 e. The molecule has 0 saturated carbocycles. The standard InChI is InChI=1S/C11H20N2O2/c14-11-4-2-7-13(15-11)8-5-10-3-1-6-12-9-10/h10,12H,1-9H2. The van der Waals surface area contributed by atoms with E-state index in [2.05, 4.69) is 5.32 Å². The van der Waals surface area contributed by atoms with E-state index in [0.717, 1.165) is 44.9 Å². The van der Waals surface area contributed by atoms with Crippen molar-refractivity contribution in [2.45, 2.75) is 32.1 Å². The smallest absolute Gasteiger partial charge is 0.325 e. The lowest BCUT2D eigenvalue weighted by Gasteiger charge is -2.28. The molecule has 1 N–H and O–H groups in total. The third kappa shape index (κ3) is 3.47. The summed E-state index contributed by atoms with van der Waals surface area (Å²) in [5.74, 6) is 0.697. The number of hydrogen-bond donors (Lipinski definition) is 1. The van der Waals surface area contributed by atoms with Gasteiger partial charge in [0.05, 0.1) is 0 Å². The second-order valence-corrected chi connectivity index (χ2v) is 4.50. The van der Waals surface area contributed by atoms with Gasteiger partial charge in [0.25, 0.3) is 0 Å². The number of hydroxylamine groups is 2. The van der Waals surface area contributed by atoms with Crippen LogP contribution >= 0.6 is 0 Å². The van der Waals surface area contributed by atoms with Gasteiger partial charge in [-0.15, -0.1) is 5.06 Å². The number of carbonyl (C=O) groups is 1. The lowest BCUT2D eigenvalue weighted by atomic mass is 9.96. The van der Waals surface area contributed by atoms with Crippen molar-refractivity contribution in [2.24, 2.45) is 5.92 Å². The van der Waals surface area contributed by atoms with Gasteiger partial charge in [-0.2, -0.15) is 0 Å². The molecular weight excluding hydrogens is 192 g/mol. The summed E-state index contributed by atoms with van der Waals surface area (Å²) >= 11 is 0. The molecule has 1 atom stereocenters. The molecule has 0 aromatic carbocycles. The summed E-state index contributed by atoms with van der Waals surface area (Å²) in [5.41, 5.74) is 0. The first kappa shape index (κ1) is 10.9. The Morgan fingerprint density at radius 1 is 1.47 bits per heavy atom. The van der Waals surface area contributed by atoms with Crippen LogP contribution in [0.2, 0.25) is 0 Å². The number of hydrogen-bond acceptors (Lipinski definition) is 4. The Bertz CT molecular complexity index is 215. The van der Waals surface area contributed by atoms with E-state index in [1.165, 1.54) is 12.8 Å². The van der Waals surface area contributed by atoms with Gasteiger partial charge < -0.3 is 10.2 Å². The molecule has 15 heavy (non-hydrogen) atoms. The molecule has 86 valence electrons. The first-order valence-corrected chi connectivity index (χ1v) is 6.01. The van der Waals surface area contributed by atoms with E-state index in [9.17, 15) is 4.79 Å². The van der Waals surface area contributed by atoms with Crippen molar-refractivity contribution < 1.29 is 9.63 Å². The van der Waals surface area contributed by atoms with Crippen LogP contribution in [0, 0.1) is 5.92 Å². The molecule has 0 amide bonds. The average molecular weight is 212 g/mol. The molecule has 0 radical (unpaired) electrons. The predicted molar refractivity (Wildman–Crippen MR) is 57.1 cm³/mol. The summed E-state index contributed by atoms with van der Waals surface area (Å²) in [4.78, 5) is 16.2. The summed E-state index contributed by atoms with van der Waals surface area (Å²) in [6.07, 6.45) is 5.27. The summed E-state index contributed by atoms with van der Waals surface area (Å²) in [7, 11) is 0. The molecule has 2 fully saturated rings. The molecule has 0 bridgehead atoms. The molecule has 4 nitrogen and oxygen atoms in total. The highest BCUT2D eigenvalue weighted by atomic mass is 16.7. The van der Waals surface area contributed by atoms with E-state index in [1.54, 1.807) is 0 Å². The lowest BCUT2D eigenvalue weighted by molar-refractivity contribution is -0.201. The van der Waals surface area contributed by atoms with Crippen LogP contribution in [0.15, 0.2) is 0 Å². The van der Waals surface area contributed by atoms with Crippen molar-refractivity contribution in [2.75, 3.05) is 26.2 Å². The normalized spacial score (nSPS) is 28.8. The molecule has 2 heterocycles.